The summed E-state index contributed by atoms with van der Waals surface area (Å²) < 4.78 is 37.4. The fraction of sp³-hybridized carbons (Fsp3) is 1.00. The van der Waals surface area contributed by atoms with Crippen molar-refractivity contribution in [3.05, 3.63) is 0 Å². The Balaban J connectivity index is 0. The molecule has 0 bridgehead atoms. The van der Waals surface area contributed by atoms with Crippen molar-refractivity contribution in [2.75, 3.05) is 19.8 Å². The Labute approximate surface area is 112 Å². The van der Waals surface area contributed by atoms with Crippen LogP contribution in [0.1, 0.15) is 59.3 Å². The molecule has 0 aliphatic carbocycles. The van der Waals surface area contributed by atoms with Crippen molar-refractivity contribution in [2.24, 2.45) is 0 Å². The topological polar surface area (TPSA) is 72.8 Å². The average molecular weight is 284 g/mol. The van der Waals surface area contributed by atoms with Crippen molar-refractivity contribution >= 4 is 10.4 Å². The summed E-state index contributed by atoms with van der Waals surface area (Å²) in [7, 11) is -4.22. The first kappa shape index (κ1) is 20.2. The van der Waals surface area contributed by atoms with Crippen LogP contribution in [0.25, 0.3) is 0 Å². The van der Waals surface area contributed by atoms with E-state index < -0.39 is 10.4 Å². The van der Waals surface area contributed by atoms with Crippen molar-refractivity contribution in [2.45, 2.75) is 59.3 Å². The van der Waals surface area contributed by atoms with Crippen LogP contribution in [0.5, 0.6) is 0 Å². The first-order valence-electron chi connectivity index (χ1n) is 6.67. The van der Waals surface area contributed by atoms with E-state index in [0.29, 0.717) is 6.42 Å². The maximum absolute atomic E-state index is 10.1. The van der Waals surface area contributed by atoms with Crippen LogP contribution in [0.4, 0.5) is 0 Å². The Morgan fingerprint density at radius 1 is 0.889 bits per heavy atom. The molecule has 0 aliphatic rings. The molecule has 1 N–H and O–H groups in total. The molecule has 0 unspecified atom stereocenters. The first-order valence-corrected chi connectivity index (χ1v) is 8.04. The Hall–Kier alpha value is -0.170. The molecule has 0 spiro atoms. The Kier molecular flexibility index (Phi) is 16.7. The predicted molar refractivity (Wildman–Crippen MR) is 73.0 cm³/mol. The molecule has 0 aromatic carbocycles. The van der Waals surface area contributed by atoms with Gasteiger partial charge in [0.2, 0.25) is 0 Å². The molecule has 6 heteroatoms. The molecular formula is C12H28O5S. The molecule has 0 amide bonds. The van der Waals surface area contributed by atoms with Gasteiger partial charge in [0.15, 0.2) is 0 Å². The predicted octanol–water partition coefficient (Wildman–Crippen LogP) is 3.21. The molecule has 0 aromatic heterocycles. The third-order valence-corrected chi connectivity index (χ3v) is 2.60. The van der Waals surface area contributed by atoms with Gasteiger partial charge in [-0.05, 0) is 20.3 Å². The lowest BCUT2D eigenvalue weighted by molar-refractivity contribution is 0.162. The van der Waals surface area contributed by atoms with Gasteiger partial charge < -0.3 is 4.74 Å². The molecule has 0 saturated carbocycles. The van der Waals surface area contributed by atoms with Crippen LogP contribution in [0.2, 0.25) is 0 Å². The standard InChI is InChI=1S/C8H18O4S.C4H10O/c1-2-3-4-5-6-7-8-12-13(9,10)11;1-3-5-4-2/h2-8H2,1H3,(H,9,10,11);3-4H2,1-2H3. The molecule has 0 heterocycles. The lowest BCUT2D eigenvalue weighted by Crippen LogP contribution is -2.04. The molecule has 0 fully saturated rings. The summed E-state index contributed by atoms with van der Waals surface area (Å²) in [4.78, 5) is 0. The van der Waals surface area contributed by atoms with Gasteiger partial charge in [0.25, 0.3) is 0 Å². The van der Waals surface area contributed by atoms with E-state index >= 15 is 0 Å². The molecule has 0 rings (SSSR count). The third kappa shape index (κ3) is 24.9. The maximum atomic E-state index is 10.1. The third-order valence-electron chi connectivity index (χ3n) is 2.14. The summed E-state index contributed by atoms with van der Waals surface area (Å²) in [6, 6.07) is 0. The number of hydrogen-bond acceptors (Lipinski definition) is 4. The van der Waals surface area contributed by atoms with Gasteiger partial charge in [-0.15, -0.1) is 0 Å². The Morgan fingerprint density at radius 3 is 1.78 bits per heavy atom. The number of unbranched alkanes of at least 4 members (excludes halogenated alkanes) is 5. The van der Waals surface area contributed by atoms with E-state index in [1.54, 1.807) is 0 Å². The number of rotatable bonds is 10. The van der Waals surface area contributed by atoms with Crippen molar-refractivity contribution in [3.63, 3.8) is 0 Å². The highest BCUT2D eigenvalue weighted by Crippen LogP contribution is 2.05. The van der Waals surface area contributed by atoms with Crippen molar-refractivity contribution in [1.82, 2.24) is 0 Å². The normalized spacial score (nSPS) is 10.9. The second kappa shape index (κ2) is 14.9. The van der Waals surface area contributed by atoms with Gasteiger partial charge in [-0.25, -0.2) is 4.18 Å². The van der Waals surface area contributed by atoms with E-state index in [4.69, 9.17) is 9.29 Å². The fourth-order valence-electron chi connectivity index (χ4n) is 1.25. The van der Waals surface area contributed by atoms with Crippen molar-refractivity contribution < 1.29 is 21.9 Å². The van der Waals surface area contributed by atoms with Crippen LogP contribution in [-0.2, 0) is 19.3 Å². The summed E-state index contributed by atoms with van der Waals surface area (Å²) in [6.45, 7) is 7.90. The monoisotopic (exact) mass is 284 g/mol. The van der Waals surface area contributed by atoms with Gasteiger partial charge in [0, 0.05) is 13.2 Å². The minimum absolute atomic E-state index is 0.0883. The Morgan fingerprint density at radius 2 is 1.39 bits per heavy atom. The molecule has 0 aromatic rings. The van der Waals surface area contributed by atoms with E-state index in [0.717, 1.165) is 26.1 Å². The molecule has 112 valence electrons. The van der Waals surface area contributed by atoms with E-state index in [1.165, 1.54) is 19.3 Å². The number of ether oxygens (including phenoxy) is 1. The second-order valence-electron chi connectivity index (χ2n) is 3.80. The summed E-state index contributed by atoms with van der Waals surface area (Å²) in [6.07, 6.45) is 6.34. The van der Waals surface area contributed by atoms with Crippen molar-refractivity contribution in [3.8, 4) is 0 Å². The van der Waals surface area contributed by atoms with E-state index in [2.05, 4.69) is 11.1 Å². The van der Waals surface area contributed by atoms with E-state index in [-0.39, 0.29) is 6.61 Å². The van der Waals surface area contributed by atoms with E-state index in [1.807, 2.05) is 13.8 Å². The number of hydrogen-bond donors (Lipinski definition) is 1. The first-order chi connectivity index (χ1) is 8.47. The smallest absolute Gasteiger partial charge is 0.382 e. The van der Waals surface area contributed by atoms with Crippen molar-refractivity contribution in [1.29, 1.82) is 0 Å². The summed E-state index contributed by atoms with van der Waals surface area (Å²) in [5.74, 6) is 0. The van der Waals surface area contributed by atoms with Gasteiger partial charge in [-0.2, -0.15) is 8.42 Å². The van der Waals surface area contributed by atoms with Crippen LogP contribution in [-0.4, -0.2) is 32.8 Å². The zero-order chi connectivity index (χ0) is 14.3. The highest BCUT2D eigenvalue weighted by molar-refractivity contribution is 7.80. The highest BCUT2D eigenvalue weighted by atomic mass is 32.3. The molecule has 5 nitrogen and oxygen atoms in total. The van der Waals surface area contributed by atoms with Gasteiger partial charge >= 0.3 is 10.4 Å². The highest BCUT2D eigenvalue weighted by Gasteiger charge is 2.02. The fourth-order valence-corrected chi connectivity index (χ4v) is 1.58. The maximum Gasteiger partial charge on any atom is 0.397 e. The lowest BCUT2D eigenvalue weighted by Gasteiger charge is -2.00. The minimum atomic E-state index is -4.22. The second-order valence-corrected chi connectivity index (χ2v) is 4.89. The average Bonchev–Trinajstić information content (AvgIpc) is 2.28. The summed E-state index contributed by atoms with van der Waals surface area (Å²) in [5.41, 5.74) is 0. The SMILES string of the molecule is CCCCCCCCOS(=O)(=O)O.CCOCC. The lowest BCUT2D eigenvalue weighted by atomic mass is 10.1. The van der Waals surface area contributed by atoms with Crippen LogP contribution >= 0.6 is 0 Å². The minimum Gasteiger partial charge on any atom is -0.382 e. The molecule has 0 radical (unpaired) electrons. The van der Waals surface area contributed by atoms with E-state index in [9.17, 15) is 8.42 Å². The zero-order valence-corrected chi connectivity index (χ0v) is 12.7. The van der Waals surface area contributed by atoms with Crippen LogP contribution in [0.3, 0.4) is 0 Å². The van der Waals surface area contributed by atoms with Gasteiger partial charge in [-0.3, -0.25) is 4.55 Å². The van der Waals surface area contributed by atoms with Gasteiger partial charge in [-0.1, -0.05) is 39.0 Å². The molecule has 0 atom stereocenters. The van der Waals surface area contributed by atoms with Gasteiger partial charge in [0.1, 0.15) is 0 Å². The zero-order valence-electron chi connectivity index (χ0n) is 11.9. The summed E-state index contributed by atoms with van der Waals surface area (Å²) >= 11 is 0. The summed E-state index contributed by atoms with van der Waals surface area (Å²) in [5, 5.41) is 0. The van der Waals surface area contributed by atoms with Crippen LogP contribution in [0, 0.1) is 0 Å². The molecule has 0 saturated heterocycles. The quantitative estimate of drug-likeness (QED) is 0.492. The molecule has 18 heavy (non-hydrogen) atoms. The van der Waals surface area contributed by atoms with Gasteiger partial charge in [0.05, 0.1) is 6.61 Å². The largest absolute Gasteiger partial charge is 0.397 e. The van der Waals surface area contributed by atoms with Crippen LogP contribution in [0.15, 0.2) is 0 Å². The molecular weight excluding hydrogens is 256 g/mol. The molecule has 0 aliphatic heterocycles. The van der Waals surface area contributed by atoms with Crippen LogP contribution < -0.4 is 0 Å². The Bertz CT molecular complexity index is 237.